The summed E-state index contributed by atoms with van der Waals surface area (Å²) in [6.45, 7) is 28.4. The van der Waals surface area contributed by atoms with Crippen molar-refractivity contribution < 1.29 is 4.79 Å². The van der Waals surface area contributed by atoms with Crippen molar-refractivity contribution in [2.75, 3.05) is 19.6 Å². The van der Waals surface area contributed by atoms with E-state index in [0.717, 1.165) is 87.9 Å². The van der Waals surface area contributed by atoms with Gasteiger partial charge >= 0.3 is 0 Å². The van der Waals surface area contributed by atoms with Gasteiger partial charge in [0, 0.05) is 38.0 Å². The lowest BCUT2D eigenvalue weighted by molar-refractivity contribution is -0.127. The third-order valence-corrected chi connectivity index (χ3v) is 7.34. The molecule has 0 saturated carbocycles. The van der Waals surface area contributed by atoms with Gasteiger partial charge in [0.2, 0.25) is 5.91 Å². The van der Waals surface area contributed by atoms with E-state index in [1.54, 1.807) is 6.20 Å². The highest BCUT2D eigenvalue weighted by Crippen LogP contribution is 2.18. The smallest absolute Gasteiger partial charge is 0.222 e. The first-order valence-electron chi connectivity index (χ1n) is 18.2. The third kappa shape index (κ3) is 27.8. The molecule has 44 heavy (non-hydrogen) atoms. The fraction of sp³-hybridized carbons (Fsp3) is 0.789. The van der Waals surface area contributed by atoms with E-state index in [1.165, 1.54) is 37.8 Å². The van der Waals surface area contributed by atoms with Gasteiger partial charge in [-0.05, 0) is 57.3 Å². The molecule has 1 saturated heterocycles. The molecule has 1 fully saturated rings. The second kappa shape index (κ2) is 34.1. The van der Waals surface area contributed by atoms with Gasteiger partial charge in [0.05, 0.1) is 10.7 Å². The van der Waals surface area contributed by atoms with Crippen molar-refractivity contribution in [1.82, 2.24) is 15.5 Å². The number of carbonyl (C=O) groups is 1. The monoisotopic (exact) mass is 639 g/mol. The second-order valence-electron chi connectivity index (χ2n) is 11.7. The largest absolute Gasteiger partial charge is 0.384 e. The first-order valence-corrected chi connectivity index (χ1v) is 18.6. The van der Waals surface area contributed by atoms with Crippen LogP contribution >= 0.6 is 11.6 Å². The van der Waals surface area contributed by atoms with E-state index in [9.17, 15) is 4.79 Å². The van der Waals surface area contributed by atoms with Gasteiger partial charge in [-0.15, -0.1) is 0 Å². The summed E-state index contributed by atoms with van der Waals surface area (Å²) in [6.07, 6.45) is 20.6. The van der Waals surface area contributed by atoms with Gasteiger partial charge in [-0.25, -0.2) is 4.99 Å². The van der Waals surface area contributed by atoms with E-state index in [4.69, 9.17) is 11.6 Å². The number of unbranched alkanes of at least 4 members (excludes halogenated alkanes) is 2. The molecular formula is C38H75ClN4O. The molecular weight excluding hydrogens is 564 g/mol. The number of hydrogen-bond donors (Lipinski definition) is 2. The Bertz CT molecular complexity index is 788. The van der Waals surface area contributed by atoms with Crippen LogP contribution in [0.25, 0.3) is 0 Å². The van der Waals surface area contributed by atoms with Crippen LogP contribution in [0.1, 0.15) is 167 Å². The molecule has 0 aliphatic carbocycles. The fourth-order valence-corrected chi connectivity index (χ4v) is 4.72. The van der Waals surface area contributed by atoms with Crippen LogP contribution in [0.3, 0.4) is 0 Å². The van der Waals surface area contributed by atoms with E-state index in [1.807, 2.05) is 25.7 Å². The first-order chi connectivity index (χ1) is 21.1. The van der Waals surface area contributed by atoms with Crippen molar-refractivity contribution in [2.24, 2.45) is 16.8 Å². The van der Waals surface area contributed by atoms with E-state index in [0.29, 0.717) is 11.5 Å². The Balaban J connectivity index is -0.000000931. The fourth-order valence-electron chi connectivity index (χ4n) is 4.53. The van der Waals surface area contributed by atoms with Crippen LogP contribution in [-0.2, 0) is 4.79 Å². The summed E-state index contributed by atoms with van der Waals surface area (Å²) < 4.78 is 0. The average Bonchev–Trinajstić information content (AvgIpc) is 3.43. The highest BCUT2D eigenvalue weighted by Gasteiger charge is 2.19. The average molecular weight is 639 g/mol. The van der Waals surface area contributed by atoms with E-state index >= 15 is 0 Å². The minimum Gasteiger partial charge on any atom is -0.384 e. The first kappa shape index (κ1) is 46.7. The lowest BCUT2D eigenvalue weighted by atomic mass is 9.92. The Hall–Kier alpha value is -1.75. The Morgan fingerprint density at radius 3 is 2.09 bits per heavy atom. The molecule has 1 aliphatic rings. The molecule has 0 bridgehead atoms. The van der Waals surface area contributed by atoms with Gasteiger partial charge in [0.1, 0.15) is 5.84 Å². The summed E-state index contributed by atoms with van der Waals surface area (Å²) >= 11 is 6.53. The van der Waals surface area contributed by atoms with Crippen molar-refractivity contribution in [2.45, 2.75) is 167 Å². The minimum absolute atomic E-state index is 0.279. The normalized spacial score (nSPS) is 15.3. The number of allylic oxidation sites excluding steroid dienone is 4. The molecule has 260 valence electrons. The molecule has 2 N–H and O–H groups in total. The summed E-state index contributed by atoms with van der Waals surface area (Å²) in [5, 5.41) is 7.38. The second-order valence-corrected chi connectivity index (χ2v) is 12.1. The van der Waals surface area contributed by atoms with Crippen molar-refractivity contribution in [1.29, 1.82) is 0 Å². The lowest BCUT2D eigenvalue weighted by Crippen LogP contribution is -2.28. The number of likely N-dealkylation sites (tertiary alicyclic amines) is 1. The maximum atomic E-state index is 11.7. The molecule has 1 rings (SSSR count). The Morgan fingerprint density at radius 1 is 0.977 bits per heavy atom. The number of aliphatic imine (C=N–C) groups is 1. The molecule has 2 atom stereocenters. The molecule has 0 spiro atoms. The molecule has 5 nitrogen and oxygen atoms in total. The van der Waals surface area contributed by atoms with E-state index in [-0.39, 0.29) is 5.91 Å². The quantitative estimate of drug-likeness (QED) is 0.0679. The van der Waals surface area contributed by atoms with Gasteiger partial charge in [0.15, 0.2) is 0 Å². The number of nitrogens with zero attached hydrogens (tertiary/aromatic N) is 2. The number of hydrogen-bond acceptors (Lipinski definition) is 3. The van der Waals surface area contributed by atoms with Crippen molar-refractivity contribution in [3.05, 3.63) is 34.8 Å². The van der Waals surface area contributed by atoms with Crippen LogP contribution in [-0.4, -0.2) is 36.3 Å². The standard InChI is InChI=1S/C23H39ClN4O.C10H22.C3H8.C2H6/c1-5-8-12-20(7-3)27-19(4)26-18-21(24)22(13-9-6-2)25-15-11-17-28-16-10-14-23(28)29;1-5-7-10(4)8-9(3)6-2;1-3-2;1-2/h12-13,18,25H,5-11,14-17H2,1-4H3,(H,26,27);9-10H,5-8H2,1-4H3;3H2,1-2H3;1-2H3/b20-12+,21-18+,22-13-;;;. The van der Waals surface area contributed by atoms with Gasteiger partial charge < -0.3 is 15.5 Å². The molecule has 1 aliphatic heterocycles. The van der Waals surface area contributed by atoms with Crippen molar-refractivity contribution >= 4 is 23.3 Å². The van der Waals surface area contributed by atoms with Crippen molar-refractivity contribution in [3.8, 4) is 0 Å². The lowest BCUT2D eigenvalue weighted by Gasteiger charge is -2.16. The predicted molar refractivity (Wildman–Crippen MR) is 200 cm³/mol. The number of amides is 1. The van der Waals surface area contributed by atoms with Gasteiger partial charge in [-0.3, -0.25) is 4.79 Å². The molecule has 1 amide bonds. The molecule has 0 aromatic heterocycles. The minimum atomic E-state index is 0.279. The van der Waals surface area contributed by atoms with Crippen LogP contribution in [0.2, 0.25) is 0 Å². The number of amidine groups is 1. The van der Waals surface area contributed by atoms with Gasteiger partial charge in [-0.1, -0.05) is 138 Å². The summed E-state index contributed by atoms with van der Waals surface area (Å²) in [5.41, 5.74) is 2.10. The number of rotatable bonds is 18. The van der Waals surface area contributed by atoms with E-state index < -0.39 is 0 Å². The van der Waals surface area contributed by atoms with Crippen LogP contribution < -0.4 is 10.6 Å². The number of halogens is 1. The Morgan fingerprint density at radius 2 is 1.59 bits per heavy atom. The van der Waals surface area contributed by atoms with Crippen LogP contribution in [0.5, 0.6) is 0 Å². The van der Waals surface area contributed by atoms with Gasteiger partial charge in [-0.2, -0.15) is 0 Å². The molecule has 1 heterocycles. The zero-order chi connectivity index (χ0) is 34.2. The molecule has 0 aromatic rings. The van der Waals surface area contributed by atoms with E-state index in [2.05, 4.69) is 90.1 Å². The van der Waals surface area contributed by atoms with Crippen LogP contribution in [0, 0.1) is 11.8 Å². The van der Waals surface area contributed by atoms with Crippen molar-refractivity contribution in [3.63, 3.8) is 0 Å². The molecule has 0 radical (unpaired) electrons. The number of nitrogens with one attached hydrogen (secondary N) is 2. The third-order valence-electron chi connectivity index (χ3n) is 7.04. The summed E-state index contributed by atoms with van der Waals surface area (Å²) in [5.74, 6) is 2.98. The SMILES string of the molecule is CC.CCC.CCC/C=C(NCCCN1CCCC1=O)/C(Cl)=C\N=C(C)N/C(=C/CCC)CC.CCCC(C)CC(C)CC. The van der Waals surface area contributed by atoms with Crippen LogP contribution in [0.4, 0.5) is 0 Å². The van der Waals surface area contributed by atoms with Gasteiger partial charge in [0.25, 0.3) is 0 Å². The van der Waals surface area contributed by atoms with Crippen LogP contribution in [0.15, 0.2) is 39.8 Å². The maximum absolute atomic E-state index is 11.7. The number of carbonyl (C=O) groups excluding carboxylic acids is 1. The molecule has 2 unspecified atom stereocenters. The topological polar surface area (TPSA) is 56.7 Å². The Kier molecular flexibility index (Phi) is 36.2. The zero-order valence-electron chi connectivity index (χ0n) is 31.4. The summed E-state index contributed by atoms with van der Waals surface area (Å²) in [4.78, 5) is 18.1. The molecule has 0 aromatic carbocycles. The summed E-state index contributed by atoms with van der Waals surface area (Å²) in [7, 11) is 0. The highest BCUT2D eigenvalue weighted by atomic mass is 35.5. The Labute approximate surface area is 280 Å². The highest BCUT2D eigenvalue weighted by molar-refractivity contribution is 6.31. The predicted octanol–water partition coefficient (Wildman–Crippen LogP) is 11.8. The maximum Gasteiger partial charge on any atom is 0.222 e. The zero-order valence-corrected chi connectivity index (χ0v) is 32.1. The molecule has 6 heteroatoms. The summed E-state index contributed by atoms with van der Waals surface area (Å²) in [6, 6.07) is 0.